The molecule has 2 N–H and O–H groups in total. The second kappa shape index (κ2) is 8.63. The second-order valence-electron chi connectivity index (χ2n) is 3.60. The van der Waals surface area contributed by atoms with Crippen LogP contribution in [-0.4, -0.2) is 24.2 Å². The Morgan fingerprint density at radius 2 is 1.95 bits per heavy atom. The summed E-state index contributed by atoms with van der Waals surface area (Å²) in [7, 11) is 0. The van der Waals surface area contributed by atoms with Crippen LogP contribution in [0.15, 0.2) is 24.3 Å². The maximum atomic E-state index is 10.8. The number of amides is 1. The van der Waals surface area contributed by atoms with Gasteiger partial charge in [-0.15, -0.1) is 0 Å². The van der Waals surface area contributed by atoms with E-state index in [1.807, 2.05) is 24.3 Å². The van der Waals surface area contributed by atoms with Crippen molar-refractivity contribution in [3.63, 3.8) is 0 Å². The van der Waals surface area contributed by atoms with Gasteiger partial charge in [-0.3, -0.25) is 4.79 Å². The van der Waals surface area contributed by atoms with Crippen molar-refractivity contribution in [2.75, 3.05) is 13.2 Å². The molecule has 0 atom stereocenters. The van der Waals surface area contributed by atoms with E-state index in [1.165, 1.54) is 6.92 Å². The first-order chi connectivity index (χ1) is 9.22. The zero-order chi connectivity index (χ0) is 13.9. The standard InChI is InChI=1S/C15H15NO3/c1-13(18)16-12-14-6-8-15(9-7-14)19-11-5-3-2-4-10-17/h6-9,17H,10-12H2,1H3,(H,16,18). The van der Waals surface area contributed by atoms with Crippen LogP contribution in [0.25, 0.3) is 0 Å². The molecule has 1 aromatic rings. The minimum Gasteiger partial charge on any atom is -0.481 e. The molecule has 0 unspecified atom stereocenters. The van der Waals surface area contributed by atoms with Gasteiger partial charge in [-0.2, -0.15) is 0 Å². The van der Waals surface area contributed by atoms with Crippen LogP contribution in [0.1, 0.15) is 12.5 Å². The molecular weight excluding hydrogens is 242 g/mol. The van der Waals surface area contributed by atoms with Crippen molar-refractivity contribution in [3.8, 4) is 29.4 Å². The molecule has 0 aliphatic rings. The van der Waals surface area contributed by atoms with Crippen molar-refractivity contribution < 1.29 is 14.6 Å². The highest BCUT2D eigenvalue weighted by Crippen LogP contribution is 2.11. The molecule has 0 fully saturated rings. The van der Waals surface area contributed by atoms with Gasteiger partial charge in [0.1, 0.15) is 19.0 Å². The Morgan fingerprint density at radius 3 is 2.58 bits per heavy atom. The maximum absolute atomic E-state index is 10.8. The molecule has 0 aliphatic carbocycles. The molecule has 0 bridgehead atoms. The van der Waals surface area contributed by atoms with Gasteiger partial charge in [-0.1, -0.05) is 18.1 Å². The van der Waals surface area contributed by atoms with Gasteiger partial charge < -0.3 is 15.2 Å². The largest absolute Gasteiger partial charge is 0.481 e. The molecule has 0 saturated carbocycles. The molecule has 1 aromatic carbocycles. The predicted molar refractivity (Wildman–Crippen MR) is 72.1 cm³/mol. The third kappa shape index (κ3) is 6.78. The summed E-state index contributed by atoms with van der Waals surface area (Å²) >= 11 is 0. The maximum Gasteiger partial charge on any atom is 0.217 e. The molecule has 0 saturated heterocycles. The van der Waals surface area contributed by atoms with E-state index in [2.05, 4.69) is 29.0 Å². The highest BCUT2D eigenvalue weighted by molar-refractivity contribution is 5.72. The molecule has 0 aliphatic heterocycles. The van der Waals surface area contributed by atoms with Crippen LogP contribution in [0.4, 0.5) is 0 Å². The highest BCUT2D eigenvalue weighted by atomic mass is 16.5. The quantitative estimate of drug-likeness (QED) is 0.781. The van der Waals surface area contributed by atoms with Gasteiger partial charge >= 0.3 is 0 Å². The first kappa shape index (κ1) is 14.6. The summed E-state index contributed by atoms with van der Waals surface area (Å²) < 4.78 is 5.38. The van der Waals surface area contributed by atoms with Crippen molar-refractivity contribution in [2.45, 2.75) is 13.5 Å². The Morgan fingerprint density at radius 1 is 1.26 bits per heavy atom. The van der Waals surface area contributed by atoms with Crippen molar-refractivity contribution >= 4 is 5.91 Å². The number of aliphatic hydroxyl groups excluding tert-OH is 1. The summed E-state index contributed by atoms with van der Waals surface area (Å²) in [5, 5.41) is 11.1. The van der Waals surface area contributed by atoms with Crippen molar-refractivity contribution in [3.05, 3.63) is 29.8 Å². The predicted octanol–water partition coefficient (Wildman–Crippen LogP) is 0.701. The Hall–Kier alpha value is -2.43. The van der Waals surface area contributed by atoms with Crippen LogP contribution in [-0.2, 0) is 11.3 Å². The average Bonchev–Trinajstić information content (AvgIpc) is 2.41. The first-order valence-corrected chi connectivity index (χ1v) is 5.75. The Balaban J connectivity index is 2.39. The number of carbonyl (C=O) groups excluding carboxylic acids is 1. The number of benzene rings is 1. The molecule has 4 heteroatoms. The molecule has 1 rings (SSSR count). The van der Waals surface area contributed by atoms with Crippen LogP contribution in [0.3, 0.4) is 0 Å². The van der Waals surface area contributed by atoms with Gasteiger partial charge in [-0.05, 0) is 35.5 Å². The molecule has 19 heavy (non-hydrogen) atoms. The molecule has 0 aromatic heterocycles. The number of hydrogen-bond acceptors (Lipinski definition) is 3. The summed E-state index contributed by atoms with van der Waals surface area (Å²) in [6, 6.07) is 7.39. The van der Waals surface area contributed by atoms with Gasteiger partial charge in [-0.25, -0.2) is 0 Å². The lowest BCUT2D eigenvalue weighted by Crippen LogP contribution is -2.18. The monoisotopic (exact) mass is 257 g/mol. The van der Waals surface area contributed by atoms with E-state index in [4.69, 9.17) is 9.84 Å². The van der Waals surface area contributed by atoms with Crippen LogP contribution in [0, 0.1) is 23.7 Å². The Labute approximate surface area is 112 Å². The Bertz CT molecular complexity index is 526. The lowest BCUT2D eigenvalue weighted by atomic mass is 10.2. The molecular formula is C15H15NO3. The van der Waals surface area contributed by atoms with E-state index in [9.17, 15) is 4.79 Å². The lowest BCUT2D eigenvalue weighted by molar-refractivity contribution is -0.119. The van der Waals surface area contributed by atoms with E-state index >= 15 is 0 Å². The first-order valence-electron chi connectivity index (χ1n) is 5.75. The van der Waals surface area contributed by atoms with Crippen LogP contribution in [0.5, 0.6) is 5.75 Å². The number of hydrogen-bond donors (Lipinski definition) is 2. The smallest absolute Gasteiger partial charge is 0.217 e. The van der Waals surface area contributed by atoms with Crippen molar-refractivity contribution in [2.24, 2.45) is 0 Å². The molecule has 0 spiro atoms. The third-order valence-electron chi connectivity index (χ3n) is 2.09. The minimum absolute atomic E-state index is 0.0559. The van der Waals surface area contributed by atoms with Gasteiger partial charge in [0.05, 0.1) is 0 Å². The van der Waals surface area contributed by atoms with Crippen LogP contribution >= 0.6 is 0 Å². The van der Waals surface area contributed by atoms with Gasteiger partial charge in [0.25, 0.3) is 0 Å². The summed E-state index contributed by atoms with van der Waals surface area (Å²) in [5.41, 5.74) is 1.00. The van der Waals surface area contributed by atoms with Crippen molar-refractivity contribution in [1.29, 1.82) is 0 Å². The number of ether oxygens (including phenoxy) is 1. The van der Waals surface area contributed by atoms with Crippen LogP contribution < -0.4 is 10.1 Å². The molecule has 1 amide bonds. The van der Waals surface area contributed by atoms with Crippen LogP contribution in [0.2, 0.25) is 0 Å². The minimum atomic E-state index is -0.189. The zero-order valence-electron chi connectivity index (χ0n) is 10.7. The molecule has 4 nitrogen and oxygen atoms in total. The topological polar surface area (TPSA) is 58.6 Å². The van der Waals surface area contributed by atoms with E-state index < -0.39 is 0 Å². The summed E-state index contributed by atoms with van der Waals surface area (Å²) in [4.78, 5) is 10.8. The van der Waals surface area contributed by atoms with Gasteiger partial charge in [0.15, 0.2) is 0 Å². The second-order valence-corrected chi connectivity index (χ2v) is 3.60. The van der Waals surface area contributed by atoms with E-state index in [-0.39, 0.29) is 19.1 Å². The van der Waals surface area contributed by atoms with E-state index in [0.29, 0.717) is 12.3 Å². The van der Waals surface area contributed by atoms with E-state index in [1.54, 1.807) is 0 Å². The summed E-state index contributed by atoms with van der Waals surface area (Å²) in [5.74, 6) is 10.8. The zero-order valence-corrected chi connectivity index (χ0v) is 10.7. The summed E-state index contributed by atoms with van der Waals surface area (Å²) in [6.07, 6.45) is 0. The fourth-order valence-corrected chi connectivity index (χ4v) is 1.21. The van der Waals surface area contributed by atoms with E-state index in [0.717, 1.165) is 5.56 Å². The molecule has 98 valence electrons. The summed E-state index contributed by atoms with van der Waals surface area (Å²) in [6.45, 7) is 2.04. The average molecular weight is 257 g/mol. The number of nitrogens with one attached hydrogen (secondary N) is 1. The lowest BCUT2D eigenvalue weighted by Gasteiger charge is -2.04. The molecule has 0 radical (unpaired) electrons. The third-order valence-corrected chi connectivity index (χ3v) is 2.09. The Kier molecular flexibility index (Phi) is 6.65. The highest BCUT2D eigenvalue weighted by Gasteiger charge is 1.96. The molecule has 0 heterocycles. The number of aliphatic hydroxyl groups is 1. The normalized spacial score (nSPS) is 8.53. The van der Waals surface area contributed by atoms with Gasteiger partial charge in [0, 0.05) is 13.5 Å². The van der Waals surface area contributed by atoms with Gasteiger partial charge in [0.2, 0.25) is 5.91 Å². The number of rotatable bonds is 4. The fraction of sp³-hybridized carbons (Fsp3) is 0.267. The van der Waals surface area contributed by atoms with Crippen molar-refractivity contribution in [1.82, 2.24) is 5.32 Å². The number of carbonyl (C=O) groups is 1. The fourth-order valence-electron chi connectivity index (χ4n) is 1.21. The SMILES string of the molecule is CC(=O)NCc1ccc(OCC#CC#CCO)cc1.